The van der Waals surface area contributed by atoms with E-state index >= 15 is 0 Å². The van der Waals surface area contributed by atoms with Crippen molar-refractivity contribution in [3.63, 3.8) is 0 Å². The van der Waals surface area contributed by atoms with Gasteiger partial charge < -0.3 is 14.8 Å². The van der Waals surface area contributed by atoms with Crippen molar-refractivity contribution in [1.29, 1.82) is 0 Å². The maximum Gasteiger partial charge on any atom is 0.306 e. The first-order valence-electron chi connectivity index (χ1n) is 12.9. The van der Waals surface area contributed by atoms with Crippen LogP contribution in [0.2, 0.25) is 0 Å². The SMILES string of the molecule is COc1cccc(CNC(C)c2cc(-c3ccc(C)c(CCC(=O)OC(C)C)c3)c3ccccc3n2)c1. The van der Waals surface area contributed by atoms with E-state index in [0.29, 0.717) is 19.4 Å². The van der Waals surface area contributed by atoms with Crippen molar-refractivity contribution < 1.29 is 14.3 Å². The molecule has 0 amide bonds. The Morgan fingerprint density at radius 1 is 0.973 bits per heavy atom. The van der Waals surface area contributed by atoms with Crippen LogP contribution >= 0.6 is 0 Å². The van der Waals surface area contributed by atoms with Gasteiger partial charge in [-0.15, -0.1) is 0 Å². The molecule has 0 aliphatic heterocycles. The van der Waals surface area contributed by atoms with E-state index in [2.05, 4.69) is 67.7 Å². The molecular formula is C32H36N2O3. The first-order chi connectivity index (χ1) is 17.8. The first kappa shape index (κ1) is 26.4. The average Bonchev–Trinajstić information content (AvgIpc) is 2.90. The Labute approximate surface area is 219 Å². The molecule has 1 unspecified atom stereocenters. The molecule has 0 aliphatic carbocycles. The number of hydrogen-bond donors (Lipinski definition) is 1. The Morgan fingerprint density at radius 2 is 1.78 bits per heavy atom. The summed E-state index contributed by atoms with van der Waals surface area (Å²) < 4.78 is 10.7. The smallest absolute Gasteiger partial charge is 0.306 e. The molecule has 192 valence electrons. The fourth-order valence-corrected chi connectivity index (χ4v) is 4.48. The average molecular weight is 497 g/mol. The van der Waals surface area contributed by atoms with Crippen LogP contribution in [0.4, 0.5) is 0 Å². The van der Waals surface area contributed by atoms with Crippen molar-refractivity contribution in [1.82, 2.24) is 10.3 Å². The van der Waals surface area contributed by atoms with E-state index in [9.17, 15) is 4.79 Å². The number of carbonyl (C=O) groups is 1. The van der Waals surface area contributed by atoms with E-state index in [1.165, 1.54) is 5.56 Å². The van der Waals surface area contributed by atoms with E-state index in [1.807, 2.05) is 38.1 Å². The summed E-state index contributed by atoms with van der Waals surface area (Å²) in [6.07, 6.45) is 0.927. The zero-order valence-corrected chi connectivity index (χ0v) is 22.4. The first-order valence-corrected chi connectivity index (χ1v) is 12.9. The maximum atomic E-state index is 12.1. The lowest BCUT2D eigenvalue weighted by Crippen LogP contribution is -2.19. The van der Waals surface area contributed by atoms with Crippen molar-refractivity contribution in [2.45, 2.75) is 59.2 Å². The molecular weight excluding hydrogens is 460 g/mol. The number of aromatic nitrogens is 1. The van der Waals surface area contributed by atoms with Gasteiger partial charge in [0, 0.05) is 24.4 Å². The van der Waals surface area contributed by atoms with Crippen molar-refractivity contribution in [3.05, 3.63) is 95.2 Å². The summed E-state index contributed by atoms with van der Waals surface area (Å²) in [6.45, 7) is 8.70. The molecule has 0 saturated carbocycles. The van der Waals surface area contributed by atoms with Crippen LogP contribution in [0.1, 0.15) is 55.6 Å². The van der Waals surface area contributed by atoms with Gasteiger partial charge in [-0.05, 0) is 86.2 Å². The fourth-order valence-electron chi connectivity index (χ4n) is 4.48. The number of benzene rings is 3. The molecule has 4 rings (SSSR count). The van der Waals surface area contributed by atoms with Crippen molar-refractivity contribution in [2.24, 2.45) is 0 Å². The van der Waals surface area contributed by atoms with Crippen LogP contribution in [0.15, 0.2) is 72.8 Å². The second kappa shape index (κ2) is 12.0. The largest absolute Gasteiger partial charge is 0.497 e. The van der Waals surface area contributed by atoms with E-state index < -0.39 is 0 Å². The topological polar surface area (TPSA) is 60.5 Å². The molecule has 1 heterocycles. The van der Waals surface area contributed by atoms with Crippen molar-refractivity contribution in [2.75, 3.05) is 7.11 Å². The highest BCUT2D eigenvalue weighted by molar-refractivity contribution is 5.95. The molecule has 0 bridgehead atoms. The summed E-state index contributed by atoms with van der Waals surface area (Å²) in [7, 11) is 1.68. The number of methoxy groups -OCH3 is 1. The van der Waals surface area contributed by atoms with Crippen molar-refractivity contribution in [3.8, 4) is 16.9 Å². The van der Waals surface area contributed by atoms with Gasteiger partial charge in [0.05, 0.1) is 24.4 Å². The monoisotopic (exact) mass is 496 g/mol. The zero-order valence-electron chi connectivity index (χ0n) is 22.4. The van der Waals surface area contributed by atoms with Crippen LogP contribution in [-0.4, -0.2) is 24.2 Å². The Hall–Kier alpha value is -3.70. The van der Waals surface area contributed by atoms with Gasteiger partial charge in [-0.1, -0.05) is 48.5 Å². The van der Waals surface area contributed by atoms with Gasteiger partial charge >= 0.3 is 5.97 Å². The minimum Gasteiger partial charge on any atom is -0.497 e. The maximum absolute atomic E-state index is 12.1. The molecule has 3 aromatic carbocycles. The lowest BCUT2D eigenvalue weighted by Gasteiger charge is -2.17. The summed E-state index contributed by atoms with van der Waals surface area (Å²) in [5.74, 6) is 0.693. The molecule has 37 heavy (non-hydrogen) atoms. The molecule has 1 N–H and O–H groups in total. The number of nitrogens with zero attached hydrogens (tertiary/aromatic N) is 1. The quantitative estimate of drug-likeness (QED) is 0.241. The minimum absolute atomic E-state index is 0.0466. The Morgan fingerprint density at radius 3 is 2.57 bits per heavy atom. The Bertz CT molecular complexity index is 1380. The van der Waals surface area contributed by atoms with Gasteiger partial charge in [-0.3, -0.25) is 9.78 Å². The number of nitrogens with one attached hydrogen (secondary N) is 1. The molecule has 0 radical (unpaired) electrons. The molecule has 4 aromatic rings. The van der Waals surface area contributed by atoms with E-state index in [1.54, 1.807) is 7.11 Å². The third kappa shape index (κ3) is 6.75. The fraction of sp³-hybridized carbons (Fsp3) is 0.312. The number of hydrogen-bond acceptors (Lipinski definition) is 5. The molecule has 5 heteroatoms. The molecule has 1 atom stereocenters. The second-order valence-corrected chi connectivity index (χ2v) is 9.75. The zero-order chi connectivity index (χ0) is 26.4. The Balaban J connectivity index is 1.62. The highest BCUT2D eigenvalue weighted by atomic mass is 16.5. The predicted molar refractivity (Wildman–Crippen MR) is 150 cm³/mol. The van der Waals surface area contributed by atoms with Gasteiger partial charge in [0.15, 0.2) is 0 Å². The summed E-state index contributed by atoms with van der Waals surface area (Å²) in [5.41, 5.74) is 7.70. The van der Waals surface area contributed by atoms with Crippen LogP contribution in [0, 0.1) is 6.92 Å². The van der Waals surface area contributed by atoms with E-state index in [4.69, 9.17) is 14.5 Å². The highest BCUT2D eigenvalue weighted by Crippen LogP contribution is 2.32. The number of pyridine rings is 1. The molecule has 5 nitrogen and oxygen atoms in total. The van der Waals surface area contributed by atoms with Crippen LogP contribution in [0.25, 0.3) is 22.0 Å². The van der Waals surface area contributed by atoms with Crippen LogP contribution in [0.3, 0.4) is 0 Å². The standard InChI is InChI=1S/C32H36N2O3/c1-21(2)37-32(35)16-15-25-18-26(14-13-22(25)3)29-19-31(34-30-12-7-6-11-28(29)30)23(4)33-20-24-9-8-10-27(17-24)36-5/h6-14,17-19,21,23,33H,15-16,20H2,1-5H3. The lowest BCUT2D eigenvalue weighted by atomic mass is 9.94. The van der Waals surface area contributed by atoms with Crippen LogP contribution in [0.5, 0.6) is 5.75 Å². The molecule has 0 spiro atoms. The number of carbonyl (C=O) groups excluding carboxylic acids is 1. The second-order valence-electron chi connectivity index (χ2n) is 9.75. The number of rotatable bonds is 10. The molecule has 0 saturated heterocycles. The van der Waals surface area contributed by atoms with E-state index in [-0.39, 0.29) is 18.1 Å². The summed E-state index contributed by atoms with van der Waals surface area (Å²) >= 11 is 0. The number of aryl methyl sites for hydroxylation is 2. The number of fused-ring (bicyclic) bond motifs is 1. The van der Waals surface area contributed by atoms with Gasteiger partial charge in [0.2, 0.25) is 0 Å². The summed E-state index contributed by atoms with van der Waals surface area (Å²) in [4.78, 5) is 17.1. The third-order valence-corrected chi connectivity index (χ3v) is 6.55. The molecule has 0 aliphatic rings. The number of esters is 1. The minimum atomic E-state index is -0.160. The number of para-hydroxylation sites is 1. The highest BCUT2D eigenvalue weighted by Gasteiger charge is 2.14. The third-order valence-electron chi connectivity index (χ3n) is 6.55. The molecule has 0 fully saturated rings. The van der Waals surface area contributed by atoms with Gasteiger partial charge in [0.1, 0.15) is 5.75 Å². The number of ether oxygens (including phenoxy) is 2. The van der Waals surface area contributed by atoms with Crippen LogP contribution < -0.4 is 10.1 Å². The van der Waals surface area contributed by atoms with Crippen molar-refractivity contribution >= 4 is 16.9 Å². The Kier molecular flexibility index (Phi) is 8.57. The predicted octanol–water partition coefficient (Wildman–Crippen LogP) is 6.95. The van der Waals surface area contributed by atoms with E-state index in [0.717, 1.165) is 44.6 Å². The van der Waals surface area contributed by atoms with Gasteiger partial charge in [0.25, 0.3) is 0 Å². The summed E-state index contributed by atoms with van der Waals surface area (Å²) in [5, 5.41) is 4.72. The lowest BCUT2D eigenvalue weighted by molar-refractivity contribution is -0.147. The van der Waals surface area contributed by atoms with Gasteiger partial charge in [-0.25, -0.2) is 0 Å². The summed E-state index contributed by atoms with van der Waals surface area (Å²) in [6, 6.07) is 25.1. The van der Waals surface area contributed by atoms with Gasteiger partial charge in [-0.2, -0.15) is 0 Å². The van der Waals surface area contributed by atoms with Crippen LogP contribution in [-0.2, 0) is 22.5 Å². The normalized spacial score (nSPS) is 12.1. The molecule has 1 aromatic heterocycles.